The summed E-state index contributed by atoms with van der Waals surface area (Å²) < 4.78 is 84.0. The number of nitrogens with zero attached hydrogens (tertiary/aromatic N) is 5. The number of ether oxygens (including phenoxy) is 6. The first-order valence-corrected chi connectivity index (χ1v) is 31.7. The second-order valence-corrected chi connectivity index (χ2v) is 23.6. The molecule has 0 spiro atoms. The molecule has 3 N–H and O–H groups in total. The summed E-state index contributed by atoms with van der Waals surface area (Å²) >= 11 is 2.12. The molecule has 0 unspecified atom stereocenters. The van der Waals surface area contributed by atoms with Crippen molar-refractivity contribution in [1.82, 2.24) is 19.9 Å². The molecule has 10 aromatic rings. The molecule has 10 rings (SSSR count). The molecule has 4 heterocycles. The molecule has 27 heteroatoms. The van der Waals surface area contributed by atoms with Gasteiger partial charge < -0.3 is 58.4 Å². The van der Waals surface area contributed by atoms with E-state index in [1.54, 1.807) is 213 Å². The van der Waals surface area contributed by atoms with Crippen LogP contribution in [-0.4, -0.2) is 82.4 Å². The van der Waals surface area contributed by atoms with Gasteiger partial charge in [-0.25, -0.2) is 0 Å². The molecule has 0 saturated heterocycles. The summed E-state index contributed by atoms with van der Waals surface area (Å²) in [6.45, 7) is 0. The normalized spacial score (nSPS) is 10.1. The largest absolute Gasteiger partial charge is 0.255 e. The van der Waals surface area contributed by atoms with Gasteiger partial charge in [0, 0.05) is 56.6 Å². The van der Waals surface area contributed by atoms with Crippen LogP contribution in [0.5, 0.6) is 34.5 Å². The quantitative estimate of drug-likeness (QED) is 0.0518. The molecule has 4 aromatic heterocycles. The van der Waals surface area contributed by atoms with Crippen LogP contribution in [0.1, 0.15) is 0 Å². The van der Waals surface area contributed by atoms with Gasteiger partial charge in [-0.05, 0) is 194 Å². The monoisotopic (exact) mass is 1340 g/mol. The van der Waals surface area contributed by atoms with E-state index in [1.165, 1.54) is 0 Å². The molecule has 0 saturated carbocycles. The molecule has 0 atom stereocenters. The fraction of sp³-hybridized carbons (Fsp3) is 0.0968. The van der Waals surface area contributed by atoms with Crippen LogP contribution in [0.4, 0.5) is 0 Å². The topological polar surface area (TPSA) is 319 Å². The Balaban J connectivity index is 0.000000285. The average molecular weight is 1340 g/mol. The standard InChI is InChI=1S/3C14H15O4P.2C10H8N2.NO3.2O.2V/c3*1-17-11-3-7-13(8-4-11)19(15,16)14-9-5-12(18-2)6-10-14;2*1-3-7-11-9(5-1)10-6-2-4-8-12-10;2-1(3)4;;;;/h3*3-10H,1-2H3,(H,15,16);2*1-8H;;;;;/q;;;;;-1;;;;. The number of hydrogen-bond acceptors (Lipinski definition) is 18. The first kappa shape index (κ1) is 74.5. The van der Waals surface area contributed by atoms with Crippen molar-refractivity contribution in [3.63, 3.8) is 0 Å². The van der Waals surface area contributed by atoms with Gasteiger partial charge in [-0.15, -0.1) is 0 Å². The third kappa shape index (κ3) is 24.4. The number of hydrogen-bond donors (Lipinski definition) is 3. The SMILES string of the molecule is COc1ccc(P(=O)(O)c2ccc(OC)cc2)cc1.COc1ccc(P(=O)(O)c2ccc(OC)cc2)cc1.COc1ccc(P(=O)(O)c2ccc(OC)cc2)cc1.O=[N+]([O-])[O-].[O]=[V].[O]=[V].c1ccc(-c2ccccn2)nc1.c1ccc(-c2ccccn2)nc1. The molecule has 0 aliphatic carbocycles. The molecule has 22 nitrogen and oxygen atoms in total. The molecule has 0 aliphatic heterocycles. The van der Waals surface area contributed by atoms with Crippen LogP contribution in [0, 0.1) is 15.3 Å². The van der Waals surface area contributed by atoms with Gasteiger partial charge >= 0.3 is 42.1 Å². The van der Waals surface area contributed by atoms with E-state index in [0.29, 0.717) is 66.3 Å². The minimum Gasteiger partial charge on any atom is -0.255 e. The first-order valence-electron chi connectivity index (χ1n) is 25.6. The molecular weight excluding hydrogens is 1280 g/mol. The average Bonchev–Trinajstić information content (AvgIpc) is 2.66. The van der Waals surface area contributed by atoms with E-state index in [4.69, 9.17) is 51.1 Å². The van der Waals surface area contributed by atoms with E-state index in [2.05, 4.69) is 19.9 Å². The number of methoxy groups -OCH3 is 6. The van der Waals surface area contributed by atoms with Crippen LogP contribution in [0.25, 0.3) is 22.8 Å². The summed E-state index contributed by atoms with van der Waals surface area (Å²) in [6.07, 6.45) is 7.07. The summed E-state index contributed by atoms with van der Waals surface area (Å²) in [6, 6.07) is 62.4. The maximum absolute atomic E-state index is 12.5. The van der Waals surface area contributed by atoms with E-state index < -0.39 is 27.2 Å². The molecule has 0 aliphatic rings. The van der Waals surface area contributed by atoms with Crippen LogP contribution in [-0.2, 0) is 55.8 Å². The molecule has 0 radical (unpaired) electrons. The predicted molar refractivity (Wildman–Crippen MR) is 332 cm³/mol. The maximum Gasteiger partial charge on any atom is 0.0886 e. The zero-order chi connectivity index (χ0) is 65.7. The van der Waals surface area contributed by atoms with Crippen molar-refractivity contribution in [2.75, 3.05) is 42.7 Å². The summed E-state index contributed by atoms with van der Waals surface area (Å²) in [5.41, 5.74) is 3.66. The van der Waals surface area contributed by atoms with Gasteiger partial charge in [-0.2, -0.15) is 0 Å². The predicted octanol–water partition coefficient (Wildman–Crippen LogP) is 9.58. The van der Waals surface area contributed by atoms with Gasteiger partial charge in [0.25, 0.3) is 22.1 Å². The van der Waals surface area contributed by atoms with Crippen LogP contribution < -0.4 is 60.2 Å². The molecule has 6 aromatic carbocycles. The summed E-state index contributed by atoms with van der Waals surface area (Å²) in [5, 5.41) is 17.0. The Bertz CT molecular complexity index is 3180. The molecule has 89 heavy (non-hydrogen) atoms. The summed E-state index contributed by atoms with van der Waals surface area (Å²) in [5.74, 6) is 3.91. The Morgan fingerprint density at radius 3 is 0.539 bits per heavy atom. The van der Waals surface area contributed by atoms with Crippen molar-refractivity contribution < 1.29 is 104 Å². The smallest absolute Gasteiger partial charge is 0.0886 e. The van der Waals surface area contributed by atoms with E-state index in [9.17, 15) is 28.4 Å². The van der Waals surface area contributed by atoms with Crippen molar-refractivity contribution in [1.29, 1.82) is 0 Å². The van der Waals surface area contributed by atoms with Crippen molar-refractivity contribution in [2.24, 2.45) is 0 Å². The summed E-state index contributed by atoms with van der Waals surface area (Å²) in [7, 11) is -1.39. The van der Waals surface area contributed by atoms with Gasteiger partial charge in [0.1, 0.15) is 34.5 Å². The van der Waals surface area contributed by atoms with Crippen LogP contribution in [0.15, 0.2) is 243 Å². The zero-order valence-electron chi connectivity index (χ0n) is 48.6. The van der Waals surface area contributed by atoms with Crippen molar-refractivity contribution in [3.8, 4) is 57.3 Å². The van der Waals surface area contributed by atoms with Crippen LogP contribution >= 0.6 is 22.1 Å². The van der Waals surface area contributed by atoms with Gasteiger partial charge in [-0.3, -0.25) is 33.6 Å². The van der Waals surface area contributed by atoms with Crippen molar-refractivity contribution in [3.05, 3.63) is 258 Å². The fourth-order valence-electron chi connectivity index (χ4n) is 7.21. The molecule has 462 valence electrons. The molecule has 0 amide bonds. The third-order valence-electron chi connectivity index (χ3n) is 11.7. The number of benzene rings is 6. The zero-order valence-corrected chi connectivity index (χ0v) is 54.1. The minimum absolute atomic E-state index is 0.374. The van der Waals surface area contributed by atoms with E-state index >= 15 is 0 Å². The number of pyridine rings is 4. The Morgan fingerprint density at radius 2 is 0.438 bits per heavy atom. The van der Waals surface area contributed by atoms with Crippen LogP contribution in [0.2, 0.25) is 0 Å². The van der Waals surface area contributed by atoms with Crippen molar-refractivity contribution >= 4 is 53.9 Å². The van der Waals surface area contributed by atoms with Gasteiger partial charge in [0.15, 0.2) is 0 Å². The molecule has 0 fully saturated rings. The van der Waals surface area contributed by atoms with Crippen molar-refractivity contribution in [2.45, 2.75) is 0 Å². The van der Waals surface area contributed by atoms with E-state index in [1.807, 2.05) is 72.8 Å². The Hall–Kier alpha value is -8.74. The first-order chi connectivity index (χ1) is 42.9. The molecule has 0 bridgehead atoms. The Labute approximate surface area is 533 Å². The van der Waals surface area contributed by atoms with E-state index in [0.717, 1.165) is 57.5 Å². The number of aromatic nitrogens is 4. The Morgan fingerprint density at radius 1 is 0.303 bits per heavy atom. The molecular formula is C62H61N5O17P3V2-. The van der Waals surface area contributed by atoms with Gasteiger partial charge in [-0.1, -0.05) is 24.3 Å². The fourth-order valence-corrected chi connectivity index (χ4v) is 11.4. The van der Waals surface area contributed by atoms with E-state index in [-0.39, 0.29) is 0 Å². The second kappa shape index (κ2) is 39.9. The summed E-state index contributed by atoms with van der Waals surface area (Å²) in [4.78, 5) is 55.8. The number of rotatable bonds is 14. The van der Waals surface area contributed by atoms with Gasteiger partial charge in [0.2, 0.25) is 0 Å². The van der Waals surface area contributed by atoms with Crippen LogP contribution in [0.3, 0.4) is 0 Å². The minimum atomic E-state index is -3.57. The Kier molecular flexibility index (Phi) is 33.4. The second-order valence-electron chi connectivity index (χ2n) is 17.0. The maximum atomic E-state index is 12.5. The van der Waals surface area contributed by atoms with Gasteiger partial charge in [0.05, 0.1) is 70.5 Å². The third-order valence-corrected chi connectivity index (χ3v) is 17.7.